The fourth-order valence-corrected chi connectivity index (χ4v) is 20.9. The smallest absolute Gasteiger partial charge is 0.188 e. The molecular weight excluding hydrogens is 787 g/mol. The van der Waals surface area contributed by atoms with E-state index < -0.39 is 15.8 Å². The van der Waals surface area contributed by atoms with Gasteiger partial charge in [-0.05, 0) is 165 Å². The van der Waals surface area contributed by atoms with Crippen LogP contribution < -0.4 is 20.1 Å². The van der Waals surface area contributed by atoms with Crippen LogP contribution in [0.2, 0.25) is 0 Å². The normalized spacial score (nSPS) is 31.7. The fraction of sp³-hybridized carbons (Fsp3) is 0.564. The van der Waals surface area contributed by atoms with Crippen molar-refractivity contribution in [3.63, 3.8) is 0 Å². The van der Waals surface area contributed by atoms with Gasteiger partial charge in [0, 0.05) is 43.1 Å². The molecule has 0 radical (unpaired) electrons. The molecule has 0 saturated heterocycles. The summed E-state index contributed by atoms with van der Waals surface area (Å²) in [5, 5.41) is 2.99. The highest BCUT2D eigenvalue weighted by Crippen LogP contribution is 2.67. The van der Waals surface area contributed by atoms with Gasteiger partial charge >= 0.3 is 0 Å². The van der Waals surface area contributed by atoms with Gasteiger partial charge in [-0.1, -0.05) is 119 Å². The molecule has 4 atom stereocenters. The summed E-state index contributed by atoms with van der Waals surface area (Å²) in [5.74, 6) is 6.63. The van der Waals surface area contributed by atoms with E-state index >= 15 is 0 Å². The first kappa shape index (κ1) is 42.2. The topological polar surface area (TPSA) is 36.9 Å². The minimum atomic E-state index is -0.533. The predicted octanol–water partition coefficient (Wildman–Crippen LogP) is 12.9. The number of hydrogen-bond acceptors (Lipinski definition) is 4. The highest BCUT2D eigenvalue weighted by Gasteiger charge is 2.57. The van der Waals surface area contributed by atoms with Gasteiger partial charge in [0.25, 0.3) is 0 Å². The lowest BCUT2D eigenvalue weighted by atomic mass is 9.43. The molecule has 8 saturated carbocycles. The Morgan fingerprint density at radius 1 is 0.525 bits per heavy atom. The fourth-order valence-electron chi connectivity index (χ4n) is 15.3. The van der Waals surface area contributed by atoms with E-state index in [-0.39, 0.29) is 10.8 Å². The predicted molar refractivity (Wildman–Crippen MR) is 255 cm³/mol. The van der Waals surface area contributed by atoms with Crippen molar-refractivity contribution in [3.8, 4) is 11.5 Å². The molecule has 4 nitrogen and oxygen atoms in total. The summed E-state index contributed by atoms with van der Waals surface area (Å²) in [7, 11) is 2.48. The molecular formula is C55H70O4P2. The maximum Gasteiger partial charge on any atom is 0.188 e. The highest BCUT2D eigenvalue weighted by atomic mass is 31.1. The van der Waals surface area contributed by atoms with Crippen LogP contribution >= 0.6 is 15.8 Å². The molecule has 8 bridgehead atoms. The molecule has 8 fully saturated rings. The van der Waals surface area contributed by atoms with E-state index in [1.54, 1.807) is 14.2 Å². The Morgan fingerprint density at radius 3 is 1.36 bits per heavy atom. The van der Waals surface area contributed by atoms with E-state index in [9.17, 15) is 0 Å². The molecule has 0 spiro atoms. The third-order valence-corrected chi connectivity index (χ3v) is 21.8. The molecule has 0 heterocycles. The Morgan fingerprint density at radius 2 is 0.934 bits per heavy atom. The lowest BCUT2D eigenvalue weighted by Crippen LogP contribution is -2.53. The Labute approximate surface area is 369 Å². The maximum absolute atomic E-state index is 6.83. The van der Waals surface area contributed by atoms with Crippen molar-refractivity contribution in [2.24, 2.45) is 35.0 Å². The number of hydrogen-bond donors (Lipinski definition) is 0. The number of ether oxygens (including phenoxy) is 4. The van der Waals surface area contributed by atoms with Crippen molar-refractivity contribution in [3.05, 3.63) is 118 Å². The third kappa shape index (κ3) is 8.52. The van der Waals surface area contributed by atoms with Gasteiger partial charge in [-0.3, -0.25) is 0 Å². The summed E-state index contributed by atoms with van der Waals surface area (Å²) in [5.41, 5.74) is 9.46. The van der Waals surface area contributed by atoms with Gasteiger partial charge in [0.2, 0.25) is 0 Å². The molecule has 0 N–H and O–H groups in total. The molecule has 4 aromatic rings. The van der Waals surface area contributed by atoms with E-state index in [0.29, 0.717) is 19.0 Å². The minimum Gasteiger partial charge on any atom is -0.467 e. The summed E-state index contributed by atoms with van der Waals surface area (Å²) >= 11 is 0. The van der Waals surface area contributed by atoms with Gasteiger partial charge in [0.05, 0.1) is 0 Å². The van der Waals surface area contributed by atoms with E-state index in [1.807, 2.05) is 0 Å². The SMILES string of the molecule is COCOc1c(C[P@@](CC[P@](Cc2cc(C)cc(C34CC5CC(CC(C)(C5)C3)C4)c2OCOC)c2ccccc2)c2ccccc2)cc(C)cc1C12CC3CC(CC(C3)C1)C2. The average Bonchev–Trinajstić information content (AvgIpc) is 3.23. The van der Waals surface area contributed by atoms with Crippen LogP contribution in [-0.2, 0) is 32.6 Å². The summed E-state index contributed by atoms with van der Waals surface area (Å²) in [6, 6.07) is 32.9. The van der Waals surface area contributed by atoms with Crippen LogP contribution in [0.25, 0.3) is 0 Å². The van der Waals surface area contributed by atoms with Crippen LogP contribution in [0, 0.1) is 48.9 Å². The van der Waals surface area contributed by atoms with E-state index in [4.69, 9.17) is 18.9 Å². The summed E-state index contributed by atoms with van der Waals surface area (Å²) in [6.07, 6.45) is 20.9. The average molecular weight is 857 g/mol. The third-order valence-electron chi connectivity index (χ3n) is 16.4. The molecule has 324 valence electrons. The lowest BCUT2D eigenvalue weighted by molar-refractivity contribution is -0.0631. The first-order valence-corrected chi connectivity index (χ1v) is 27.2. The zero-order chi connectivity index (χ0) is 41.8. The summed E-state index contributed by atoms with van der Waals surface area (Å²) in [6.45, 7) is 7.85. The van der Waals surface area contributed by atoms with E-state index in [1.165, 1.54) is 133 Å². The van der Waals surface area contributed by atoms with E-state index in [2.05, 4.69) is 106 Å². The Kier molecular flexibility index (Phi) is 12.0. The lowest BCUT2D eigenvalue weighted by Gasteiger charge is -2.61. The van der Waals surface area contributed by atoms with Crippen LogP contribution in [0.5, 0.6) is 11.5 Å². The second kappa shape index (κ2) is 17.3. The number of benzene rings is 4. The molecule has 0 aromatic heterocycles. The Balaban J connectivity index is 0.992. The van der Waals surface area contributed by atoms with Crippen molar-refractivity contribution in [2.45, 2.75) is 121 Å². The van der Waals surface area contributed by atoms with Gasteiger partial charge in [-0.25, -0.2) is 0 Å². The Bertz CT molecular complexity index is 2120. The molecule has 8 aliphatic rings. The largest absolute Gasteiger partial charge is 0.467 e. The molecule has 8 aliphatic carbocycles. The van der Waals surface area contributed by atoms with Crippen molar-refractivity contribution >= 4 is 26.5 Å². The molecule has 0 aliphatic heterocycles. The van der Waals surface area contributed by atoms with Gasteiger partial charge < -0.3 is 18.9 Å². The van der Waals surface area contributed by atoms with Gasteiger partial charge in [0.15, 0.2) is 13.6 Å². The monoisotopic (exact) mass is 856 g/mol. The van der Waals surface area contributed by atoms with Crippen LogP contribution in [0.4, 0.5) is 0 Å². The molecule has 61 heavy (non-hydrogen) atoms. The maximum atomic E-state index is 6.83. The van der Waals surface area contributed by atoms with Crippen LogP contribution in [0.1, 0.15) is 117 Å². The second-order valence-corrected chi connectivity index (χ2v) is 26.2. The van der Waals surface area contributed by atoms with Crippen molar-refractivity contribution in [2.75, 3.05) is 40.1 Å². The van der Waals surface area contributed by atoms with Crippen LogP contribution in [-0.4, -0.2) is 40.1 Å². The van der Waals surface area contributed by atoms with Crippen LogP contribution in [0.15, 0.2) is 84.9 Å². The summed E-state index contributed by atoms with van der Waals surface area (Å²) in [4.78, 5) is 0. The number of methoxy groups -OCH3 is 2. The Hall–Kier alpha value is -2.74. The minimum absolute atomic E-state index is 0.214. The van der Waals surface area contributed by atoms with Gasteiger partial charge in [-0.15, -0.1) is 0 Å². The zero-order valence-corrected chi connectivity index (χ0v) is 39.5. The van der Waals surface area contributed by atoms with Crippen molar-refractivity contribution in [1.29, 1.82) is 0 Å². The quantitative estimate of drug-likeness (QED) is 0.0783. The van der Waals surface area contributed by atoms with Crippen molar-refractivity contribution in [1.82, 2.24) is 0 Å². The van der Waals surface area contributed by atoms with Gasteiger partial charge in [0.1, 0.15) is 11.5 Å². The van der Waals surface area contributed by atoms with Crippen LogP contribution in [0.3, 0.4) is 0 Å². The molecule has 2 unspecified atom stereocenters. The first-order valence-electron chi connectivity index (χ1n) is 23.7. The molecule has 12 rings (SSSR count). The van der Waals surface area contributed by atoms with Gasteiger partial charge in [-0.2, -0.15) is 0 Å². The zero-order valence-electron chi connectivity index (χ0n) is 37.7. The van der Waals surface area contributed by atoms with E-state index in [0.717, 1.165) is 53.4 Å². The molecule has 4 aromatic carbocycles. The molecule has 6 heteroatoms. The second-order valence-electron chi connectivity index (χ2n) is 21.5. The molecule has 0 amide bonds. The standard InChI is InChI=1S/C55H70O4P2/c1-38-18-45(51(58-36-56-4)49(20-38)54-28-40-22-41(29-54)24-42(23-40)30-54)33-60(47-12-8-6-9-13-47)16-17-61(48-14-10-7-11-15-48)34-46-19-39(2)21-50(52(46)59-37-57-5)55-31-43-25-44(32-55)27-53(3,26-43)35-55/h6-15,18-21,40-44H,16-17,22-37H2,1-5H3/t40?,41?,42?,43?,44?,53?,54?,55?,60-,61-/m1/s1. The summed E-state index contributed by atoms with van der Waals surface area (Å²) < 4.78 is 25.0. The van der Waals surface area contributed by atoms with Crippen molar-refractivity contribution < 1.29 is 18.9 Å². The highest BCUT2D eigenvalue weighted by molar-refractivity contribution is 7.68. The first-order chi connectivity index (χ1) is 29.6. The number of aryl methyl sites for hydroxylation is 2. The number of rotatable bonds is 17.